The van der Waals surface area contributed by atoms with Crippen LogP contribution in [0, 0.1) is 13.8 Å². The summed E-state index contributed by atoms with van der Waals surface area (Å²) in [6.07, 6.45) is 1.85. The minimum absolute atomic E-state index is 0.0526. The second-order valence-electron chi connectivity index (χ2n) is 7.11. The highest BCUT2D eigenvalue weighted by atomic mass is 16.6. The summed E-state index contributed by atoms with van der Waals surface area (Å²) in [4.78, 5) is 6.70. The highest BCUT2D eigenvalue weighted by Crippen LogP contribution is 2.29. The predicted molar refractivity (Wildman–Crippen MR) is 103 cm³/mol. The number of ether oxygens (including phenoxy) is 4. The van der Waals surface area contributed by atoms with Crippen LogP contribution in [0.3, 0.4) is 0 Å². The van der Waals surface area contributed by atoms with E-state index in [0.717, 1.165) is 30.3 Å². The van der Waals surface area contributed by atoms with Crippen molar-refractivity contribution < 1.29 is 18.9 Å². The Bertz CT molecular complexity index is 782. The summed E-state index contributed by atoms with van der Waals surface area (Å²) < 4.78 is 23.6. The number of methoxy groups -OCH3 is 1. The maximum Gasteiger partial charge on any atom is 0.145 e. The number of benzene rings is 1. The lowest BCUT2D eigenvalue weighted by atomic mass is 10.2. The van der Waals surface area contributed by atoms with E-state index in [1.54, 1.807) is 7.11 Å². The van der Waals surface area contributed by atoms with E-state index in [1.807, 2.05) is 37.4 Å². The largest absolute Gasteiger partial charge is 0.497 e. The first-order valence-corrected chi connectivity index (χ1v) is 9.35. The van der Waals surface area contributed by atoms with Gasteiger partial charge in [0.1, 0.15) is 29.8 Å². The average Bonchev–Trinajstić information content (AvgIpc) is 3.00. The fourth-order valence-electron chi connectivity index (χ4n) is 3.68. The van der Waals surface area contributed by atoms with Gasteiger partial charge in [-0.05, 0) is 37.6 Å². The first-order chi connectivity index (χ1) is 13.1. The molecular formula is C21H26N2O4. The summed E-state index contributed by atoms with van der Waals surface area (Å²) in [6.45, 7) is 6.83. The lowest BCUT2D eigenvalue weighted by molar-refractivity contribution is -0.00461. The Morgan fingerprint density at radius 1 is 1.04 bits per heavy atom. The molecule has 144 valence electrons. The third kappa shape index (κ3) is 3.87. The normalized spacial score (nSPS) is 23.0. The van der Waals surface area contributed by atoms with Crippen LogP contribution in [-0.2, 0) is 9.47 Å². The maximum atomic E-state index is 6.15. The molecule has 2 aliphatic rings. The van der Waals surface area contributed by atoms with Crippen LogP contribution < -0.4 is 14.4 Å². The van der Waals surface area contributed by atoms with Gasteiger partial charge >= 0.3 is 0 Å². The molecule has 0 aliphatic carbocycles. The van der Waals surface area contributed by atoms with E-state index in [2.05, 4.69) is 22.9 Å². The molecule has 0 amide bonds. The molecule has 2 aliphatic heterocycles. The molecule has 27 heavy (non-hydrogen) atoms. The van der Waals surface area contributed by atoms with Crippen molar-refractivity contribution in [1.82, 2.24) is 4.98 Å². The van der Waals surface area contributed by atoms with E-state index in [4.69, 9.17) is 18.9 Å². The minimum Gasteiger partial charge on any atom is -0.497 e. The molecule has 2 aromatic rings. The van der Waals surface area contributed by atoms with Gasteiger partial charge in [-0.25, -0.2) is 0 Å². The van der Waals surface area contributed by atoms with Gasteiger partial charge in [0.05, 0.1) is 20.3 Å². The number of aryl methyl sites for hydroxylation is 1. The van der Waals surface area contributed by atoms with Gasteiger partial charge in [-0.3, -0.25) is 4.98 Å². The monoisotopic (exact) mass is 370 g/mol. The van der Waals surface area contributed by atoms with Crippen LogP contribution >= 0.6 is 0 Å². The van der Waals surface area contributed by atoms with E-state index >= 15 is 0 Å². The van der Waals surface area contributed by atoms with Crippen LogP contribution in [0.1, 0.15) is 11.3 Å². The zero-order chi connectivity index (χ0) is 18.8. The fraction of sp³-hybridized carbons (Fsp3) is 0.476. The summed E-state index contributed by atoms with van der Waals surface area (Å²) in [5, 5.41) is 0. The van der Waals surface area contributed by atoms with Gasteiger partial charge in [0.15, 0.2) is 0 Å². The minimum atomic E-state index is -0.124. The average molecular weight is 370 g/mol. The van der Waals surface area contributed by atoms with Crippen molar-refractivity contribution in [2.45, 2.75) is 32.2 Å². The fourth-order valence-corrected chi connectivity index (χ4v) is 3.68. The quantitative estimate of drug-likeness (QED) is 0.825. The molecule has 0 N–H and O–H groups in total. The van der Waals surface area contributed by atoms with Crippen molar-refractivity contribution >= 4 is 5.69 Å². The Labute approximate surface area is 160 Å². The molecule has 1 aromatic heterocycles. The first kappa shape index (κ1) is 18.1. The van der Waals surface area contributed by atoms with E-state index in [1.165, 1.54) is 11.3 Å². The number of hydrogen-bond acceptors (Lipinski definition) is 6. The molecule has 3 heterocycles. The van der Waals surface area contributed by atoms with Gasteiger partial charge in [-0.15, -0.1) is 0 Å². The number of pyridine rings is 1. The number of rotatable bonds is 4. The second-order valence-corrected chi connectivity index (χ2v) is 7.11. The molecule has 6 nitrogen and oxygen atoms in total. The van der Waals surface area contributed by atoms with Crippen molar-refractivity contribution in [3.63, 3.8) is 0 Å². The Kier molecular flexibility index (Phi) is 5.18. The van der Waals surface area contributed by atoms with Crippen molar-refractivity contribution in [1.29, 1.82) is 0 Å². The summed E-state index contributed by atoms with van der Waals surface area (Å²) in [5.74, 6) is 1.54. The first-order valence-electron chi connectivity index (χ1n) is 9.35. The van der Waals surface area contributed by atoms with E-state index in [-0.39, 0.29) is 18.3 Å². The van der Waals surface area contributed by atoms with Gasteiger partial charge in [0, 0.05) is 36.7 Å². The molecule has 0 unspecified atom stereocenters. The molecular weight excluding hydrogens is 344 g/mol. The Morgan fingerprint density at radius 2 is 1.74 bits per heavy atom. The summed E-state index contributed by atoms with van der Waals surface area (Å²) in [5.41, 5.74) is 3.49. The predicted octanol–water partition coefficient (Wildman–Crippen LogP) is 2.76. The number of anilines is 1. The Morgan fingerprint density at radius 3 is 2.44 bits per heavy atom. The number of aromatic nitrogens is 1. The number of hydrogen-bond donors (Lipinski definition) is 0. The second kappa shape index (κ2) is 7.74. The zero-order valence-electron chi connectivity index (χ0n) is 16.1. The van der Waals surface area contributed by atoms with Crippen LogP contribution in [0.4, 0.5) is 5.69 Å². The highest BCUT2D eigenvalue weighted by Gasteiger charge is 2.38. The molecule has 0 bridgehead atoms. The van der Waals surface area contributed by atoms with Crippen LogP contribution in [0.15, 0.2) is 36.5 Å². The third-order valence-electron chi connectivity index (χ3n) is 5.32. The van der Waals surface area contributed by atoms with E-state index in [9.17, 15) is 0 Å². The lowest BCUT2D eigenvalue weighted by Gasteiger charge is -2.23. The number of nitrogens with zero attached hydrogens (tertiary/aromatic N) is 2. The lowest BCUT2D eigenvalue weighted by Crippen LogP contribution is -2.29. The SMILES string of the molecule is COc1cccc(OC2CO[C@H]3CN(c4ccnc(C)c4C)C[C@@H]3OC2)c1. The van der Waals surface area contributed by atoms with Gasteiger partial charge in [0.2, 0.25) is 0 Å². The molecule has 2 atom stereocenters. The van der Waals surface area contributed by atoms with Crippen LogP contribution in [0.25, 0.3) is 0 Å². The third-order valence-corrected chi connectivity index (χ3v) is 5.32. The smallest absolute Gasteiger partial charge is 0.145 e. The molecule has 4 rings (SSSR count). The van der Waals surface area contributed by atoms with Gasteiger partial charge in [-0.1, -0.05) is 6.07 Å². The highest BCUT2D eigenvalue weighted by molar-refractivity contribution is 5.55. The van der Waals surface area contributed by atoms with E-state index < -0.39 is 0 Å². The zero-order valence-corrected chi connectivity index (χ0v) is 16.1. The molecule has 2 saturated heterocycles. The molecule has 2 fully saturated rings. The summed E-state index contributed by atoms with van der Waals surface area (Å²) >= 11 is 0. The Balaban J connectivity index is 1.38. The maximum absolute atomic E-state index is 6.15. The van der Waals surface area contributed by atoms with Gasteiger partial charge in [0.25, 0.3) is 0 Å². The van der Waals surface area contributed by atoms with Crippen LogP contribution in [0.2, 0.25) is 0 Å². The van der Waals surface area contributed by atoms with Gasteiger partial charge < -0.3 is 23.8 Å². The van der Waals surface area contributed by atoms with Crippen molar-refractivity contribution in [3.05, 3.63) is 47.8 Å². The molecule has 6 heteroatoms. The van der Waals surface area contributed by atoms with Crippen LogP contribution in [0.5, 0.6) is 11.5 Å². The van der Waals surface area contributed by atoms with E-state index in [0.29, 0.717) is 13.2 Å². The van der Waals surface area contributed by atoms with Crippen molar-refractivity contribution in [2.75, 3.05) is 38.3 Å². The molecule has 0 radical (unpaired) electrons. The standard InChI is InChI=1S/C21H26N2O4/c1-14-15(2)22-8-7-19(14)23-10-20-21(11-23)26-13-18(12-25-20)27-17-6-4-5-16(9-17)24-3/h4-9,18,20-21H,10-13H2,1-3H3/t20-,21-/m0/s1. The Hall–Kier alpha value is -2.31. The molecule has 1 aromatic carbocycles. The van der Waals surface area contributed by atoms with Crippen molar-refractivity contribution in [2.24, 2.45) is 0 Å². The molecule has 0 spiro atoms. The topological polar surface area (TPSA) is 53.0 Å². The van der Waals surface area contributed by atoms with Crippen molar-refractivity contribution in [3.8, 4) is 11.5 Å². The van der Waals surface area contributed by atoms with Gasteiger partial charge in [-0.2, -0.15) is 0 Å². The molecule has 0 saturated carbocycles. The summed E-state index contributed by atoms with van der Waals surface area (Å²) in [7, 11) is 1.65. The van der Waals surface area contributed by atoms with Crippen LogP contribution in [-0.4, -0.2) is 56.7 Å². The number of fused-ring (bicyclic) bond motifs is 1. The summed E-state index contributed by atoms with van der Waals surface area (Å²) in [6, 6.07) is 9.68.